The van der Waals surface area contributed by atoms with E-state index in [0.29, 0.717) is 16.9 Å². The molecule has 1 aliphatic heterocycles. The standard InChI is InChI=1S/C27H23N5O3/c1-34-20-9-5-8-19(12-20)24-23-14-32(26(33)35-15-18-6-3-2-4-7-18)11-10-21(23)22(13-28)25(31)27(24,16-29)17-30/h2-10,12,23-24H,11,14-15,31H2,1H3/t23-,24+/m0/s1. The molecule has 4 rings (SSSR count). The molecule has 174 valence electrons. The number of nitriles is 3. The first-order valence-corrected chi connectivity index (χ1v) is 11.0. The summed E-state index contributed by atoms with van der Waals surface area (Å²) in [5, 5.41) is 30.3. The molecule has 0 bridgehead atoms. The van der Waals surface area contributed by atoms with Crippen LogP contribution < -0.4 is 10.5 Å². The summed E-state index contributed by atoms with van der Waals surface area (Å²) < 4.78 is 10.9. The maximum absolute atomic E-state index is 12.9. The van der Waals surface area contributed by atoms with Crippen LogP contribution in [0.2, 0.25) is 0 Å². The predicted octanol–water partition coefficient (Wildman–Crippen LogP) is 3.76. The van der Waals surface area contributed by atoms with Gasteiger partial charge >= 0.3 is 6.09 Å². The zero-order valence-corrected chi connectivity index (χ0v) is 19.1. The smallest absolute Gasteiger partial charge is 0.410 e. The van der Waals surface area contributed by atoms with E-state index in [2.05, 4.69) is 18.2 Å². The normalized spacial score (nSPS) is 20.4. The van der Waals surface area contributed by atoms with Crippen molar-refractivity contribution in [2.45, 2.75) is 12.5 Å². The Hall–Kier alpha value is -4.74. The van der Waals surface area contributed by atoms with Crippen molar-refractivity contribution in [2.24, 2.45) is 17.1 Å². The number of methoxy groups -OCH3 is 1. The first kappa shape index (κ1) is 23.4. The summed E-state index contributed by atoms with van der Waals surface area (Å²) in [7, 11) is 1.53. The topological polar surface area (TPSA) is 136 Å². The van der Waals surface area contributed by atoms with Gasteiger partial charge in [-0.2, -0.15) is 15.8 Å². The predicted molar refractivity (Wildman–Crippen MR) is 126 cm³/mol. The second-order valence-electron chi connectivity index (χ2n) is 8.40. The number of amides is 1. The van der Waals surface area contributed by atoms with E-state index in [1.54, 1.807) is 30.3 Å². The zero-order valence-electron chi connectivity index (χ0n) is 19.1. The molecule has 0 fully saturated rings. The lowest BCUT2D eigenvalue weighted by Crippen LogP contribution is -2.49. The van der Waals surface area contributed by atoms with E-state index >= 15 is 0 Å². The van der Waals surface area contributed by atoms with Gasteiger partial charge in [0.25, 0.3) is 0 Å². The van der Waals surface area contributed by atoms with Crippen LogP contribution in [0.25, 0.3) is 0 Å². The highest BCUT2D eigenvalue weighted by atomic mass is 16.6. The summed E-state index contributed by atoms with van der Waals surface area (Å²) in [5.41, 5.74) is 6.74. The molecule has 0 radical (unpaired) electrons. The van der Waals surface area contributed by atoms with Gasteiger partial charge < -0.3 is 20.1 Å². The fourth-order valence-corrected chi connectivity index (χ4v) is 4.85. The molecule has 35 heavy (non-hydrogen) atoms. The third kappa shape index (κ3) is 4.05. The van der Waals surface area contributed by atoms with Gasteiger partial charge in [0.1, 0.15) is 18.4 Å². The van der Waals surface area contributed by atoms with Crippen LogP contribution in [0.5, 0.6) is 5.75 Å². The number of ether oxygens (including phenoxy) is 2. The average Bonchev–Trinajstić information content (AvgIpc) is 2.91. The molecule has 2 atom stereocenters. The van der Waals surface area contributed by atoms with Gasteiger partial charge in [0.15, 0.2) is 5.41 Å². The quantitative estimate of drug-likeness (QED) is 0.726. The first-order valence-electron chi connectivity index (χ1n) is 11.0. The number of fused-ring (bicyclic) bond motifs is 1. The highest BCUT2D eigenvalue weighted by molar-refractivity contribution is 5.69. The van der Waals surface area contributed by atoms with Crippen molar-refractivity contribution < 1.29 is 14.3 Å². The minimum Gasteiger partial charge on any atom is -0.497 e. The monoisotopic (exact) mass is 465 g/mol. The number of hydrogen-bond acceptors (Lipinski definition) is 7. The van der Waals surface area contributed by atoms with Crippen molar-refractivity contribution in [1.29, 1.82) is 15.8 Å². The van der Waals surface area contributed by atoms with Crippen molar-refractivity contribution in [3.63, 3.8) is 0 Å². The summed E-state index contributed by atoms with van der Waals surface area (Å²) >= 11 is 0. The molecule has 8 heteroatoms. The Bertz CT molecular complexity index is 1310. The van der Waals surface area contributed by atoms with Crippen molar-refractivity contribution in [2.75, 3.05) is 20.2 Å². The van der Waals surface area contributed by atoms with Gasteiger partial charge in [-0.1, -0.05) is 48.5 Å². The third-order valence-corrected chi connectivity index (χ3v) is 6.58. The molecule has 2 aromatic carbocycles. The highest BCUT2D eigenvalue weighted by Crippen LogP contribution is 2.54. The molecule has 2 aromatic rings. The van der Waals surface area contributed by atoms with Crippen molar-refractivity contribution in [1.82, 2.24) is 4.90 Å². The lowest BCUT2D eigenvalue weighted by atomic mass is 9.58. The molecular formula is C27H23N5O3. The van der Waals surface area contributed by atoms with Crippen LogP contribution in [0.1, 0.15) is 17.0 Å². The van der Waals surface area contributed by atoms with Crippen LogP contribution in [-0.2, 0) is 11.3 Å². The molecule has 1 heterocycles. The SMILES string of the molecule is COc1cccc([C@@H]2[C@H]3CN(C(=O)OCc4ccccc4)CC=C3C(C#N)=C(N)C2(C#N)C#N)c1. The van der Waals surface area contributed by atoms with Crippen molar-refractivity contribution >= 4 is 6.09 Å². The molecule has 2 aliphatic rings. The van der Waals surface area contributed by atoms with Crippen LogP contribution in [0.15, 0.2) is 77.5 Å². The minimum absolute atomic E-state index is 0.0691. The molecule has 0 aromatic heterocycles. The molecule has 0 saturated carbocycles. The molecule has 1 aliphatic carbocycles. The van der Waals surface area contributed by atoms with Gasteiger partial charge in [0.2, 0.25) is 0 Å². The van der Waals surface area contributed by atoms with Crippen molar-refractivity contribution in [3.8, 4) is 24.0 Å². The summed E-state index contributed by atoms with van der Waals surface area (Å²) in [5.74, 6) is -0.705. The third-order valence-electron chi connectivity index (χ3n) is 6.58. The molecular weight excluding hydrogens is 442 g/mol. The Balaban J connectivity index is 1.75. The Labute approximate surface area is 203 Å². The number of nitrogens with zero attached hydrogens (tertiary/aromatic N) is 4. The molecule has 0 unspecified atom stereocenters. The maximum Gasteiger partial charge on any atom is 0.410 e. The van der Waals surface area contributed by atoms with Gasteiger partial charge in [-0.05, 0) is 28.8 Å². The number of benzene rings is 2. The number of carbonyl (C=O) groups excluding carboxylic acids is 1. The van der Waals surface area contributed by atoms with Gasteiger partial charge in [-0.25, -0.2) is 4.79 Å². The Morgan fingerprint density at radius 1 is 1.14 bits per heavy atom. The lowest BCUT2D eigenvalue weighted by Gasteiger charge is -2.45. The molecule has 0 saturated heterocycles. The fourth-order valence-electron chi connectivity index (χ4n) is 4.85. The number of nitrogens with two attached hydrogens (primary N) is 1. The Morgan fingerprint density at radius 2 is 1.89 bits per heavy atom. The van der Waals surface area contributed by atoms with Gasteiger partial charge in [-0.15, -0.1) is 0 Å². The number of hydrogen-bond donors (Lipinski definition) is 1. The zero-order chi connectivity index (χ0) is 25.0. The van der Waals surface area contributed by atoms with E-state index in [-0.39, 0.29) is 31.0 Å². The summed E-state index contributed by atoms with van der Waals surface area (Å²) in [6, 6.07) is 22.7. The van der Waals surface area contributed by atoms with Crippen LogP contribution >= 0.6 is 0 Å². The second-order valence-corrected chi connectivity index (χ2v) is 8.40. The number of rotatable bonds is 4. The van der Waals surface area contributed by atoms with Gasteiger partial charge in [0.05, 0.1) is 30.5 Å². The van der Waals surface area contributed by atoms with Crippen LogP contribution in [0.4, 0.5) is 4.79 Å². The highest BCUT2D eigenvalue weighted by Gasteiger charge is 2.54. The van der Waals surface area contributed by atoms with Gasteiger partial charge in [0, 0.05) is 24.9 Å². The molecule has 2 N–H and O–H groups in total. The van der Waals surface area contributed by atoms with E-state index in [9.17, 15) is 20.6 Å². The Kier molecular flexibility index (Phi) is 6.44. The van der Waals surface area contributed by atoms with E-state index in [0.717, 1.165) is 5.56 Å². The first-order chi connectivity index (χ1) is 17.0. The Morgan fingerprint density at radius 3 is 2.54 bits per heavy atom. The number of allylic oxidation sites excluding steroid dienone is 2. The minimum atomic E-state index is -1.80. The average molecular weight is 466 g/mol. The largest absolute Gasteiger partial charge is 0.497 e. The van der Waals surface area contributed by atoms with E-state index in [4.69, 9.17) is 15.2 Å². The maximum atomic E-state index is 12.9. The fraction of sp³-hybridized carbons (Fsp3) is 0.259. The summed E-state index contributed by atoms with van der Waals surface area (Å²) in [6.07, 6.45) is 1.24. The molecule has 0 spiro atoms. The summed E-state index contributed by atoms with van der Waals surface area (Å²) in [4.78, 5) is 14.4. The van der Waals surface area contributed by atoms with E-state index in [1.165, 1.54) is 12.0 Å². The van der Waals surface area contributed by atoms with E-state index < -0.39 is 23.3 Å². The molecule has 1 amide bonds. The summed E-state index contributed by atoms with van der Waals surface area (Å²) in [6.45, 7) is 0.493. The lowest BCUT2D eigenvalue weighted by molar-refractivity contribution is 0.0898. The van der Waals surface area contributed by atoms with Crippen LogP contribution in [-0.4, -0.2) is 31.2 Å². The van der Waals surface area contributed by atoms with Crippen LogP contribution in [0, 0.1) is 45.3 Å². The van der Waals surface area contributed by atoms with E-state index in [1.807, 2.05) is 30.3 Å². The van der Waals surface area contributed by atoms with Crippen molar-refractivity contribution in [3.05, 3.63) is 88.6 Å². The number of carbonyl (C=O) groups is 1. The second kappa shape index (κ2) is 9.63. The molecule has 8 nitrogen and oxygen atoms in total. The van der Waals surface area contributed by atoms with Crippen LogP contribution in [0.3, 0.4) is 0 Å². The van der Waals surface area contributed by atoms with Gasteiger partial charge in [-0.3, -0.25) is 0 Å².